The number of rotatable bonds is 4. The van der Waals surface area contributed by atoms with Crippen LogP contribution in [0.25, 0.3) is 0 Å². The average molecular weight is 261 g/mol. The van der Waals surface area contributed by atoms with Crippen LogP contribution in [0, 0.1) is 0 Å². The first-order valence-corrected chi connectivity index (χ1v) is 5.46. The molecule has 0 atom stereocenters. The van der Waals surface area contributed by atoms with Gasteiger partial charge in [0.2, 0.25) is 0 Å². The number of ether oxygens (including phenoxy) is 3. The molecule has 1 aromatic carbocycles. The van der Waals surface area contributed by atoms with Crippen LogP contribution in [-0.4, -0.2) is 26.4 Å². The zero-order chi connectivity index (χ0) is 13.2. The summed E-state index contributed by atoms with van der Waals surface area (Å²) in [5.74, 6) is 1.30. The summed E-state index contributed by atoms with van der Waals surface area (Å²) in [6, 6.07) is 1.64. The molecule has 4 nitrogen and oxygen atoms in total. The van der Waals surface area contributed by atoms with Crippen LogP contribution in [0.15, 0.2) is 6.07 Å². The van der Waals surface area contributed by atoms with E-state index in [9.17, 15) is 5.11 Å². The molecule has 0 aliphatic heterocycles. The zero-order valence-electron chi connectivity index (χ0n) is 10.6. The minimum atomic E-state index is -1.14. The number of aliphatic hydroxyl groups is 1. The van der Waals surface area contributed by atoms with Crippen LogP contribution in [0.2, 0.25) is 5.02 Å². The van der Waals surface area contributed by atoms with Crippen LogP contribution < -0.4 is 14.2 Å². The molecule has 0 fully saturated rings. The first-order chi connectivity index (χ1) is 7.86. The smallest absolute Gasteiger partial charge is 0.180 e. The molecule has 5 heteroatoms. The molecule has 0 saturated carbocycles. The Labute approximate surface area is 106 Å². The fourth-order valence-corrected chi connectivity index (χ4v) is 2.15. The molecule has 0 amide bonds. The first kappa shape index (κ1) is 13.9. The molecule has 1 aromatic rings. The Bertz CT molecular complexity index is 410. The lowest BCUT2D eigenvalue weighted by molar-refractivity contribution is 0.0754. The summed E-state index contributed by atoms with van der Waals surface area (Å²) >= 11 is 6.22. The lowest BCUT2D eigenvalue weighted by atomic mass is 9.96. The Kier molecular flexibility index (Phi) is 4.11. The van der Waals surface area contributed by atoms with Gasteiger partial charge in [0.25, 0.3) is 0 Å². The molecule has 0 bridgehead atoms. The van der Waals surface area contributed by atoms with Crippen molar-refractivity contribution in [2.24, 2.45) is 0 Å². The molecule has 0 spiro atoms. The van der Waals surface area contributed by atoms with Crippen molar-refractivity contribution in [2.45, 2.75) is 19.4 Å². The Balaban J connectivity index is 3.59. The summed E-state index contributed by atoms with van der Waals surface area (Å²) in [7, 11) is 4.51. The lowest BCUT2D eigenvalue weighted by Gasteiger charge is -2.24. The van der Waals surface area contributed by atoms with Gasteiger partial charge in [0.15, 0.2) is 11.5 Å². The van der Waals surface area contributed by atoms with Gasteiger partial charge in [-0.25, -0.2) is 0 Å². The zero-order valence-corrected chi connectivity index (χ0v) is 11.4. The maximum Gasteiger partial charge on any atom is 0.180 e. The van der Waals surface area contributed by atoms with Gasteiger partial charge in [-0.1, -0.05) is 11.6 Å². The van der Waals surface area contributed by atoms with Crippen LogP contribution in [0.5, 0.6) is 17.2 Å². The van der Waals surface area contributed by atoms with Crippen LogP contribution in [0.3, 0.4) is 0 Å². The summed E-state index contributed by atoms with van der Waals surface area (Å²) in [5, 5.41) is 10.4. The Morgan fingerprint density at radius 1 is 1.06 bits per heavy atom. The molecule has 0 aromatic heterocycles. The van der Waals surface area contributed by atoms with Gasteiger partial charge < -0.3 is 19.3 Å². The van der Waals surface area contributed by atoms with Crippen LogP contribution in [0.4, 0.5) is 0 Å². The second-order valence-corrected chi connectivity index (χ2v) is 4.44. The predicted molar refractivity (Wildman–Crippen MR) is 66.4 cm³/mol. The normalized spacial score (nSPS) is 11.2. The quantitative estimate of drug-likeness (QED) is 0.904. The minimum absolute atomic E-state index is 0.288. The molecule has 17 heavy (non-hydrogen) atoms. The highest BCUT2D eigenvalue weighted by molar-refractivity contribution is 6.33. The second-order valence-electron chi connectivity index (χ2n) is 4.06. The van der Waals surface area contributed by atoms with E-state index in [0.717, 1.165) is 0 Å². The molecule has 0 radical (unpaired) electrons. The number of halogens is 1. The lowest BCUT2D eigenvalue weighted by Crippen LogP contribution is -2.18. The van der Waals surface area contributed by atoms with Crippen molar-refractivity contribution in [3.63, 3.8) is 0 Å². The molecule has 0 heterocycles. The van der Waals surface area contributed by atoms with Crippen molar-refractivity contribution < 1.29 is 19.3 Å². The van der Waals surface area contributed by atoms with Gasteiger partial charge in [-0.2, -0.15) is 0 Å². The van der Waals surface area contributed by atoms with E-state index >= 15 is 0 Å². The molecule has 0 aliphatic carbocycles. The maximum absolute atomic E-state index is 10.1. The highest BCUT2D eigenvalue weighted by Gasteiger charge is 2.29. The number of benzene rings is 1. The van der Waals surface area contributed by atoms with Gasteiger partial charge in [0.1, 0.15) is 5.75 Å². The highest BCUT2D eigenvalue weighted by Crippen LogP contribution is 2.46. The second kappa shape index (κ2) is 5.02. The molecular formula is C12H17ClO4. The summed E-state index contributed by atoms with van der Waals surface area (Å²) in [4.78, 5) is 0. The Morgan fingerprint density at radius 3 is 1.94 bits per heavy atom. The largest absolute Gasteiger partial charge is 0.496 e. The standard InChI is InChI=1S/C12H17ClO4/c1-12(2,14)9-7(15-3)6-8(16-4)11(17-5)10(9)13/h6,14H,1-5H3. The highest BCUT2D eigenvalue weighted by atomic mass is 35.5. The van der Waals surface area contributed by atoms with Crippen molar-refractivity contribution >= 4 is 11.6 Å². The molecular weight excluding hydrogens is 244 g/mol. The Hall–Kier alpha value is -1.13. The van der Waals surface area contributed by atoms with E-state index in [2.05, 4.69) is 0 Å². The molecule has 1 N–H and O–H groups in total. The van der Waals surface area contributed by atoms with E-state index in [1.54, 1.807) is 19.9 Å². The van der Waals surface area contributed by atoms with Crippen LogP contribution >= 0.6 is 11.6 Å². The summed E-state index contributed by atoms with van der Waals surface area (Å²) in [5.41, 5.74) is -0.665. The fraction of sp³-hybridized carbons (Fsp3) is 0.500. The summed E-state index contributed by atoms with van der Waals surface area (Å²) in [6.07, 6.45) is 0. The summed E-state index contributed by atoms with van der Waals surface area (Å²) < 4.78 is 15.5. The third-order valence-corrected chi connectivity index (χ3v) is 2.77. The van der Waals surface area contributed by atoms with Crippen molar-refractivity contribution in [2.75, 3.05) is 21.3 Å². The van der Waals surface area contributed by atoms with Gasteiger partial charge in [0, 0.05) is 11.6 Å². The van der Waals surface area contributed by atoms with E-state index in [1.807, 2.05) is 0 Å². The number of hydrogen-bond acceptors (Lipinski definition) is 4. The first-order valence-electron chi connectivity index (χ1n) is 5.08. The van der Waals surface area contributed by atoms with Crippen molar-refractivity contribution in [1.29, 1.82) is 0 Å². The van der Waals surface area contributed by atoms with Gasteiger partial charge >= 0.3 is 0 Å². The SMILES string of the molecule is COc1cc(OC)c(C(C)(C)O)c(Cl)c1OC. The van der Waals surface area contributed by atoms with E-state index in [4.69, 9.17) is 25.8 Å². The molecule has 0 aliphatic rings. The van der Waals surface area contributed by atoms with Crippen molar-refractivity contribution in [3.8, 4) is 17.2 Å². The van der Waals surface area contributed by atoms with Crippen LogP contribution in [0.1, 0.15) is 19.4 Å². The van der Waals surface area contributed by atoms with Crippen molar-refractivity contribution in [3.05, 3.63) is 16.7 Å². The number of methoxy groups -OCH3 is 3. The minimum Gasteiger partial charge on any atom is -0.496 e. The fourth-order valence-electron chi connectivity index (χ4n) is 1.66. The molecule has 96 valence electrons. The third kappa shape index (κ3) is 2.58. The van der Waals surface area contributed by atoms with Gasteiger partial charge in [-0.05, 0) is 13.8 Å². The Morgan fingerprint density at radius 2 is 1.59 bits per heavy atom. The van der Waals surface area contributed by atoms with E-state index in [1.165, 1.54) is 21.3 Å². The monoisotopic (exact) mass is 260 g/mol. The van der Waals surface area contributed by atoms with Gasteiger partial charge in [-0.15, -0.1) is 0 Å². The number of hydrogen-bond donors (Lipinski definition) is 1. The average Bonchev–Trinajstić information content (AvgIpc) is 2.25. The van der Waals surface area contributed by atoms with E-state index in [-0.39, 0.29) is 5.02 Å². The molecule has 1 rings (SSSR count). The van der Waals surface area contributed by atoms with Gasteiger partial charge in [0.05, 0.1) is 32.0 Å². The van der Waals surface area contributed by atoms with Crippen molar-refractivity contribution in [1.82, 2.24) is 0 Å². The predicted octanol–water partition coefficient (Wildman–Crippen LogP) is 2.59. The maximum atomic E-state index is 10.1. The summed E-state index contributed by atoms with van der Waals surface area (Å²) in [6.45, 7) is 3.26. The third-order valence-electron chi connectivity index (χ3n) is 2.41. The van der Waals surface area contributed by atoms with E-state index < -0.39 is 5.60 Å². The molecule has 0 saturated heterocycles. The van der Waals surface area contributed by atoms with E-state index in [0.29, 0.717) is 22.8 Å². The van der Waals surface area contributed by atoms with Crippen LogP contribution in [-0.2, 0) is 5.60 Å². The van der Waals surface area contributed by atoms with Gasteiger partial charge in [-0.3, -0.25) is 0 Å². The topological polar surface area (TPSA) is 47.9 Å². The molecule has 0 unspecified atom stereocenters.